The fraction of sp³-hybridized carbons (Fsp3) is 0.933. The molecule has 0 aliphatic heterocycles. The van der Waals surface area contributed by atoms with Gasteiger partial charge >= 0.3 is 6.09 Å². The Balaban J connectivity index is 2.71. The highest BCUT2D eigenvalue weighted by Gasteiger charge is 2.33. The number of nitrogens with zero attached hydrogens (tertiary/aromatic N) is 1. The van der Waals surface area contributed by atoms with Crippen LogP contribution in [0.1, 0.15) is 53.4 Å². The zero-order chi connectivity index (χ0) is 15.2. The van der Waals surface area contributed by atoms with Crippen molar-refractivity contribution < 1.29 is 14.6 Å². The number of ether oxygens (including phenoxy) is 1. The van der Waals surface area contributed by atoms with E-state index in [1.54, 1.807) is 0 Å². The molecule has 1 aliphatic rings. The van der Waals surface area contributed by atoms with Gasteiger partial charge in [0.15, 0.2) is 0 Å². The molecule has 0 bridgehead atoms. The van der Waals surface area contributed by atoms with Crippen molar-refractivity contribution in [3.05, 3.63) is 0 Å². The highest BCUT2D eigenvalue weighted by atomic mass is 16.6. The molecule has 0 aromatic rings. The third kappa shape index (κ3) is 5.29. The van der Waals surface area contributed by atoms with Crippen molar-refractivity contribution in [1.29, 1.82) is 0 Å². The smallest absolute Gasteiger partial charge is 0.410 e. The normalized spacial score (nSPS) is 23.4. The SMILES string of the molecule is CCN(C(=O)OC(C)(C)C)C1CCCCC1NCCO. The summed E-state index contributed by atoms with van der Waals surface area (Å²) in [5.74, 6) is 0. The third-order valence-corrected chi connectivity index (χ3v) is 3.62. The Hall–Kier alpha value is -0.810. The van der Waals surface area contributed by atoms with Crippen LogP contribution in [0.3, 0.4) is 0 Å². The predicted octanol–water partition coefficient (Wildman–Crippen LogP) is 2.14. The summed E-state index contributed by atoms with van der Waals surface area (Å²) < 4.78 is 5.51. The van der Waals surface area contributed by atoms with Gasteiger partial charge in [-0.1, -0.05) is 12.8 Å². The van der Waals surface area contributed by atoms with Gasteiger partial charge in [-0.05, 0) is 40.5 Å². The number of hydrogen-bond acceptors (Lipinski definition) is 4. The number of hydrogen-bond donors (Lipinski definition) is 2. The third-order valence-electron chi connectivity index (χ3n) is 3.62. The molecule has 0 heterocycles. The van der Waals surface area contributed by atoms with E-state index in [1.165, 1.54) is 6.42 Å². The summed E-state index contributed by atoms with van der Waals surface area (Å²) >= 11 is 0. The van der Waals surface area contributed by atoms with Gasteiger partial charge in [0.25, 0.3) is 0 Å². The topological polar surface area (TPSA) is 61.8 Å². The number of carbonyl (C=O) groups excluding carboxylic acids is 1. The number of aliphatic hydroxyl groups is 1. The van der Waals surface area contributed by atoms with Crippen LogP contribution in [0.25, 0.3) is 0 Å². The van der Waals surface area contributed by atoms with Crippen LogP contribution in [0.2, 0.25) is 0 Å². The van der Waals surface area contributed by atoms with Crippen LogP contribution in [0.4, 0.5) is 4.79 Å². The van der Waals surface area contributed by atoms with Gasteiger partial charge in [0, 0.05) is 19.1 Å². The minimum absolute atomic E-state index is 0.127. The van der Waals surface area contributed by atoms with E-state index in [4.69, 9.17) is 9.84 Å². The van der Waals surface area contributed by atoms with Gasteiger partial charge < -0.3 is 20.1 Å². The molecule has 2 unspecified atom stereocenters. The molecule has 20 heavy (non-hydrogen) atoms. The Bertz CT molecular complexity index is 302. The summed E-state index contributed by atoms with van der Waals surface area (Å²) in [6.07, 6.45) is 4.12. The van der Waals surface area contributed by atoms with Gasteiger partial charge in [0.2, 0.25) is 0 Å². The summed E-state index contributed by atoms with van der Waals surface area (Å²) in [7, 11) is 0. The molecular weight excluding hydrogens is 256 g/mol. The van der Waals surface area contributed by atoms with E-state index >= 15 is 0 Å². The molecule has 5 heteroatoms. The van der Waals surface area contributed by atoms with Crippen LogP contribution in [0, 0.1) is 0 Å². The highest BCUT2D eigenvalue weighted by Crippen LogP contribution is 2.24. The van der Waals surface area contributed by atoms with Crippen molar-refractivity contribution in [1.82, 2.24) is 10.2 Å². The Morgan fingerprint density at radius 1 is 1.35 bits per heavy atom. The van der Waals surface area contributed by atoms with Crippen molar-refractivity contribution in [2.75, 3.05) is 19.7 Å². The first-order valence-corrected chi connectivity index (χ1v) is 7.73. The first-order valence-electron chi connectivity index (χ1n) is 7.73. The Labute approximate surface area is 122 Å². The lowest BCUT2D eigenvalue weighted by atomic mass is 9.89. The largest absolute Gasteiger partial charge is 0.444 e. The number of aliphatic hydroxyl groups excluding tert-OH is 1. The first-order chi connectivity index (χ1) is 9.39. The predicted molar refractivity (Wildman–Crippen MR) is 79.7 cm³/mol. The van der Waals surface area contributed by atoms with E-state index in [-0.39, 0.29) is 24.8 Å². The Morgan fingerprint density at radius 2 is 2.00 bits per heavy atom. The number of nitrogens with one attached hydrogen (secondary N) is 1. The van der Waals surface area contributed by atoms with Crippen molar-refractivity contribution in [2.24, 2.45) is 0 Å². The molecule has 0 aromatic carbocycles. The molecule has 118 valence electrons. The van der Waals surface area contributed by atoms with E-state index in [0.717, 1.165) is 19.3 Å². The summed E-state index contributed by atoms with van der Waals surface area (Å²) in [6, 6.07) is 0.415. The first kappa shape index (κ1) is 17.2. The molecular formula is C15H30N2O3. The van der Waals surface area contributed by atoms with Crippen LogP contribution >= 0.6 is 0 Å². The molecule has 5 nitrogen and oxygen atoms in total. The van der Waals surface area contributed by atoms with Gasteiger partial charge in [-0.25, -0.2) is 4.79 Å². The van der Waals surface area contributed by atoms with Crippen LogP contribution < -0.4 is 5.32 Å². The van der Waals surface area contributed by atoms with Crippen LogP contribution in [-0.2, 0) is 4.74 Å². The Morgan fingerprint density at radius 3 is 2.55 bits per heavy atom. The average Bonchev–Trinajstić information content (AvgIpc) is 2.36. The second kappa shape index (κ2) is 7.84. The van der Waals surface area contributed by atoms with E-state index in [9.17, 15) is 4.79 Å². The molecule has 2 atom stereocenters. The van der Waals surface area contributed by atoms with Gasteiger partial charge in [-0.3, -0.25) is 0 Å². The average molecular weight is 286 g/mol. The minimum atomic E-state index is -0.465. The van der Waals surface area contributed by atoms with Crippen LogP contribution in [0.15, 0.2) is 0 Å². The molecule has 0 spiro atoms. The van der Waals surface area contributed by atoms with Gasteiger partial charge in [0.05, 0.1) is 12.6 Å². The summed E-state index contributed by atoms with van der Waals surface area (Å²) in [6.45, 7) is 9.01. The fourth-order valence-electron chi connectivity index (χ4n) is 2.79. The van der Waals surface area contributed by atoms with E-state index in [0.29, 0.717) is 13.1 Å². The molecule has 1 amide bonds. The second-order valence-corrected chi connectivity index (χ2v) is 6.40. The standard InChI is InChI=1S/C15H30N2O3/c1-5-17(14(19)20-15(2,3)4)13-9-7-6-8-12(13)16-10-11-18/h12-13,16,18H,5-11H2,1-4H3. The monoisotopic (exact) mass is 286 g/mol. The van der Waals surface area contributed by atoms with Gasteiger partial charge in [0.1, 0.15) is 5.60 Å². The van der Waals surface area contributed by atoms with Gasteiger partial charge in [-0.15, -0.1) is 0 Å². The second-order valence-electron chi connectivity index (χ2n) is 6.40. The van der Waals surface area contributed by atoms with Crippen molar-refractivity contribution >= 4 is 6.09 Å². The van der Waals surface area contributed by atoms with E-state index in [1.807, 2.05) is 32.6 Å². The zero-order valence-corrected chi connectivity index (χ0v) is 13.3. The molecule has 1 aliphatic carbocycles. The minimum Gasteiger partial charge on any atom is -0.444 e. The van der Waals surface area contributed by atoms with Crippen molar-refractivity contribution in [2.45, 2.75) is 71.1 Å². The highest BCUT2D eigenvalue weighted by molar-refractivity contribution is 5.68. The lowest BCUT2D eigenvalue weighted by Crippen LogP contribution is -2.55. The molecule has 0 saturated heterocycles. The summed E-state index contributed by atoms with van der Waals surface area (Å²) in [4.78, 5) is 14.2. The maximum Gasteiger partial charge on any atom is 0.410 e. The van der Waals surface area contributed by atoms with E-state index in [2.05, 4.69) is 5.32 Å². The number of carbonyl (C=O) groups is 1. The number of likely N-dealkylation sites (N-methyl/N-ethyl adjacent to an activating group) is 1. The van der Waals surface area contributed by atoms with Gasteiger partial charge in [-0.2, -0.15) is 0 Å². The molecule has 2 N–H and O–H groups in total. The molecule has 0 aromatic heterocycles. The van der Waals surface area contributed by atoms with Crippen LogP contribution in [0.5, 0.6) is 0 Å². The summed E-state index contributed by atoms with van der Waals surface area (Å²) in [5.41, 5.74) is -0.465. The Kier molecular flexibility index (Phi) is 6.76. The lowest BCUT2D eigenvalue weighted by Gasteiger charge is -2.40. The lowest BCUT2D eigenvalue weighted by molar-refractivity contribution is 0.00892. The van der Waals surface area contributed by atoms with Crippen molar-refractivity contribution in [3.63, 3.8) is 0 Å². The maximum atomic E-state index is 12.3. The number of amides is 1. The molecule has 1 saturated carbocycles. The molecule has 0 radical (unpaired) electrons. The molecule has 1 fully saturated rings. The van der Waals surface area contributed by atoms with E-state index < -0.39 is 5.60 Å². The zero-order valence-electron chi connectivity index (χ0n) is 13.3. The maximum absolute atomic E-state index is 12.3. The van der Waals surface area contributed by atoms with Crippen LogP contribution in [-0.4, -0.2) is 53.5 Å². The molecule has 1 rings (SSSR count). The fourth-order valence-corrected chi connectivity index (χ4v) is 2.79. The number of rotatable bonds is 5. The summed E-state index contributed by atoms with van der Waals surface area (Å²) in [5, 5.41) is 12.3. The van der Waals surface area contributed by atoms with Crippen molar-refractivity contribution in [3.8, 4) is 0 Å². The quantitative estimate of drug-likeness (QED) is 0.813.